The van der Waals surface area contributed by atoms with E-state index in [4.69, 9.17) is 9.16 Å². The molecule has 0 unspecified atom stereocenters. The molecule has 1 fully saturated rings. The summed E-state index contributed by atoms with van der Waals surface area (Å²) in [6.07, 6.45) is 1.53. The Labute approximate surface area is 183 Å². The van der Waals surface area contributed by atoms with Crippen molar-refractivity contribution in [2.75, 3.05) is 13.2 Å². The molecule has 1 aromatic carbocycles. The van der Waals surface area contributed by atoms with Crippen LogP contribution in [0.4, 0.5) is 4.79 Å². The van der Waals surface area contributed by atoms with Crippen molar-refractivity contribution in [1.29, 1.82) is 0 Å². The molecule has 30 heavy (non-hydrogen) atoms. The summed E-state index contributed by atoms with van der Waals surface area (Å²) in [5, 5.41) is 9.55. The SMILES string of the molecule is CC(C)(C)OC(=O)N1C[C@H](Cc2cccc(CO)c2)C[C@H]1CO[Si](C)(C)C(C)(C)C. The van der Waals surface area contributed by atoms with Crippen molar-refractivity contribution >= 4 is 14.4 Å². The molecule has 1 heterocycles. The maximum absolute atomic E-state index is 12.9. The predicted octanol–water partition coefficient (Wildman–Crippen LogP) is 5.37. The molecule has 1 aliphatic heterocycles. The van der Waals surface area contributed by atoms with Crippen LogP contribution in [0.2, 0.25) is 18.1 Å². The van der Waals surface area contributed by atoms with Crippen molar-refractivity contribution in [3.05, 3.63) is 35.4 Å². The van der Waals surface area contributed by atoms with Gasteiger partial charge in [0.2, 0.25) is 0 Å². The highest BCUT2D eigenvalue weighted by Crippen LogP contribution is 2.37. The van der Waals surface area contributed by atoms with Gasteiger partial charge in [0.25, 0.3) is 0 Å². The molecule has 1 aliphatic rings. The van der Waals surface area contributed by atoms with Crippen LogP contribution in [0.15, 0.2) is 24.3 Å². The van der Waals surface area contributed by atoms with Crippen molar-refractivity contribution in [2.45, 2.75) is 90.8 Å². The third kappa shape index (κ3) is 6.82. The van der Waals surface area contributed by atoms with Gasteiger partial charge in [0, 0.05) is 6.54 Å². The maximum Gasteiger partial charge on any atom is 0.410 e. The number of likely N-dealkylation sites (tertiary alicyclic amines) is 1. The average molecular weight is 436 g/mol. The lowest BCUT2D eigenvalue weighted by Gasteiger charge is -2.38. The lowest BCUT2D eigenvalue weighted by atomic mass is 9.96. The molecule has 2 atom stereocenters. The van der Waals surface area contributed by atoms with Crippen molar-refractivity contribution in [3.63, 3.8) is 0 Å². The highest BCUT2D eigenvalue weighted by atomic mass is 28.4. The van der Waals surface area contributed by atoms with Gasteiger partial charge >= 0.3 is 6.09 Å². The van der Waals surface area contributed by atoms with E-state index < -0.39 is 13.9 Å². The number of hydrogen-bond acceptors (Lipinski definition) is 4. The summed E-state index contributed by atoms with van der Waals surface area (Å²) in [7, 11) is -1.90. The van der Waals surface area contributed by atoms with E-state index in [1.807, 2.05) is 37.8 Å². The zero-order valence-corrected chi connectivity index (χ0v) is 21.1. The number of hydrogen-bond donors (Lipinski definition) is 1. The number of carbonyl (C=O) groups is 1. The number of aliphatic hydroxyl groups excluding tert-OH is 1. The van der Waals surface area contributed by atoms with E-state index in [1.54, 1.807) is 0 Å². The van der Waals surface area contributed by atoms with Crippen LogP contribution in [0.3, 0.4) is 0 Å². The monoisotopic (exact) mass is 435 g/mol. The Balaban J connectivity index is 2.13. The lowest BCUT2D eigenvalue weighted by Crippen LogP contribution is -2.46. The van der Waals surface area contributed by atoms with Crippen LogP contribution in [0.5, 0.6) is 0 Å². The number of aliphatic hydroxyl groups is 1. The Bertz CT molecular complexity index is 721. The van der Waals surface area contributed by atoms with Crippen LogP contribution in [0.1, 0.15) is 59.1 Å². The average Bonchev–Trinajstić information content (AvgIpc) is 3.01. The second kappa shape index (κ2) is 9.41. The summed E-state index contributed by atoms with van der Waals surface area (Å²) in [6, 6.07) is 8.09. The quantitative estimate of drug-likeness (QED) is 0.610. The van der Waals surface area contributed by atoms with E-state index in [0.717, 1.165) is 18.4 Å². The minimum Gasteiger partial charge on any atom is -0.444 e. The number of benzene rings is 1. The standard InChI is InChI=1S/C24H41NO4Si/c1-23(2,3)29-22(27)25-15-20(13-18-10-9-11-19(12-18)16-26)14-21(25)17-28-30(7,8)24(4,5)6/h9-12,20-21,26H,13-17H2,1-8H3/t20-,21+/m1/s1. The highest BCUT2D eigenvalue weighted by molar-refractivity contribution is 6.74. The summed E-state index contributed by atoms with van der Waals surface area (Å²) in [5.74, 6) is 0.347. The Hall–Kier alpha value is -1.37. The van der Waals surface area contributed by atoms with E-state index in [1.165, 1.54) is 5.56 Å². The molecule has 0 radical (unpaired) electrons. The first-order valence-corrected chi connectivity index (χ1v) is 13.9. The molecule has 2 rings (SSSR count). The van der Waals surface area contributed by atoms with Gasteiger partial charge < -0.3 is 19.2 Å². The summed E-state index contributed by atoms with van der Waals surface area (Å²) in [4.78, 5) is 14.8. The Morgan fingerprint density at radius 3 is 2.37 bits per heavy atom. The molecule has 0 bridgehead atoms. The van der Waals surface area contributed by atoms with Gasteiger partial charge in [-0.2, -0.15) is 0 Å². The van der Waals surface area contributed by atoms with Crippen molar-refractivity contribution in [2.24, 2.45) is 5.92 Å². The minimum atomic E-state index is -1.90. The van der Waals surface area contributed by atoms with E-state index >= 15 is 0 Å². The number of rotatable bonds is 6. The molecule has 0 spiro atoms. The zero-order chi connectivity index (χ0) is 22.7. The van der Waals surface area contributed by atoms with Gasteiger partial charge in [0.1, 0.15) is 5.60 Å². The highest BCUT2D eigenvalue weighted by Gasteiger charge is 2.41. The zero-order valence-electron chi connectivity index (χ0n) is 20.1. The number of nitrogens with zero attached hydrogens (tertiary/aromatic N) is 1. The van der Waals surface area contributed by atoms with E-state index in [-0.39, 0.29) is 23.8 Å². The Morgan fingerprint density at radius 1 is 1.17 bits per heavy atom. The van der Waals surface area contributed by atoms with Gasteiger partial charge in [0.05, 0.1) is 19.3 Å². The Morgan fingerprint density at radius 2 is 1.80 bits per heavy atom. The molecule has 1 saturated heterocycles. The van der Waals surface area contributed by atoms with Crippen molar-refractivity contribution in [1.82, 2.24) is 4.90 Å². The first kappa shape index (κ1) is 24.9. The van der Waals surface area contributed by atoms with Crippen LogP contribution in [0, 0.1) is 5.92 Å². The van der Waals surface area contributed by atoms with Crippen LogP contribution in [0.25, 0.3) is 0 Å². The van der Waals surface area contributed by atoms with Crippen molar-refractivity contribution in [3.8, 4) is 0 Å². The number of ether oxygens (including phenoxy) is 1. The third-order valence-electron chi connectivity index (χ3n) is 6.27. The molecule has 170 valence electrons. The molecular weight excluding hydrogens is 394 g/mol. The van der Waals surface area contributed by atoms with E-state index in [2.05, 4.69) is 46.0 Å². The van der Waals surface area contributed by atoms with Gasteiger partial charge in [-0.3, -0.25) is 0 Å². The fraction of sp³-hybridized carbons (Fsp3) is 0.708. The van der Waals surface area contributed by atoms with Gasteiger partial charge in [-0.1, -0.05) is 45.0 Å². The van der Waals surface area contributed by atoms with Gasteiger partial charge in [-0.25, -0.2) is 4.79 Å². The first-order chi connectivity index (χ1) is 13.7. The summed E-state index contributed by atoms with van der Waals surface area (Å²) < 4.78 is 12.2. The minimum absolute atomic E-state index is 0.0278. The van der Waals surface area contributed by atoms with Crippen LogP contribution < -0.4 is 0 Å². The molecule has 0 aliphatic carbocycles. The van der Waals surface area contributed by atoms with Crippen LogP contribution >= 0.6 is 0 Å². The largest absolute Gasteiger partial charge is 0.444 e. The fourth-order valence-corrected chi connectivity index (χ4v) is 4.62. The molecule has 0 saturated carbocycles. The number of carbonyl (C=O) groups excluding carboxylic acids is 1. The maximum atomic E-state index is 12.9. The van der Waals surface area contributed by atoms with Crippen LogP contribution in [-0.4, -0.2) is 49.2 Å². The second-order valence-corrected chi connectivity index (χ2v) is 16.0. The van der Waals surface area contributed by atoms with Crippen LogP contribution in [-0.2, 0) is 22.2 Å². The molecule has 1 N–H and O–H groups in total. The van der Waals surface area contributed by atoms with Gasteiger partial charge in [-0.05, 0) is 68.8 Å². The Kier molecular flexibility index (Phi) is 7.81. The molecular formula is C24H41NO4Si. The molecule has 6 heteroatoms. The molecule has 5 nitrogen and oxygen atoms in total. The summed E-state index contributed by atoms with van der Waals surface area (Å²) in [6.45, 7) is 18.2. The smallest absolute Gasteiger partial charge is 0.410 e. The predicted molar refractivity (Wildman–Crippen MR) is 124 cm³/mol. The van der Waals surface area contributed by atoms with Gasteiger partial charge in [0.15, 0.2) is 8.32 Å². The third-order valence-corrected chi connectivity index (χ3v) is 10.8. The topological polar surface area (TPSA) is 59.0 Å². The van der Waals surface area contributed by atoms with E-state index in [0.29, 0.717) is 19.1 Å². The van der Waals surface area contributed by atoms with Crippen molar-refractivity contribution < 1.29 is 19.1 Å². The first-order valence-electron chi connectivity index (χ1n) is 11.0. The molecule has 1 amide bonds. The second-order valence-electron chi connectivity index (χ2n) is 11.1. The molecule has 0 aromatic heterocycles. The normalized spacial score (nSPS) is 20.5. The van der Waals surface area contributed by atoms with Gasteiger partial charge in [-0.15, -0.1) is 0 Å². The molecule has 1 aromatic rings. The number of amides is 1. The van der Waals surface area contributed by atoms with E-state index in [9.17, 15) is 9.90 Å². The summed E-state index contributed by atoms with van der Waals surface area (Å²) in [5.41, 5.74) is 1.60. The summed E-state index contributed by atoms with van der Waals surface area (Å²) >= 11 is 0. The fourth-order valence-electron chi connectivity index (χ4n) is 3.57. The lowest BCUT2D eigenvalue weighted by molar-refractivity contribution is 0.0178.